The average Bonchev–Trinajstić information content (AvgIpc) is 3.10. The van der Waals surface area contributed by atoms with Crippen LogP contribution in [0.5, 0.6) is 11.5 Å². The van der Waals surface area contributed by atoms with Gasteiger partial charge in [-0.1, -0.05) is 30.4 Å². The second-order valence-electron chi connectivity index (χ2n) is 5.44. The van der Waals surface area contributed by atoms with E-state index in [1.807, 2.05) is 13.0 Å². The van der Waals surface area contributed by atoms with Crippen LogP contribution >= 0.6 is 0 Å². The molecule has 0 saturated heterocycles. The molecule has 0 saturated carbocycles. The Hall–Kier alpha value is -3.54. The third kappa shape index (κ3) is 4.10. The molecule has 1 aliphatic rings. The van der Waals surface area contributed by atoms with Crippen molar-refractivity contribution in [2.24, 2.45) is 0 Å². The van der Waals surface area contributed by atoms with E-state index in [9.17, 15) is 9.59 Å². The number of rotatable bonds is 5. The van der Waals surface area contributed by atoms with E-state index >= 15 is 0 Å². The minimum absolute atomic E-state index is 0.169. The summed E-state index contributed by atoms with van der Waals surface area (Å²) in [5.41, 5.74) is 1.37. The maximum atomic E-state index is 12.6. The van der Waals surface area contributed by atoms with Gasteiger partial charge in [-0.05, 0) is 31.2 Å². The van der Waals surface area contributed by atoms with E-state index in [-0.39, 0.29) is 18.6 Å². The quantitative estimate of drug-likeness (QED) is 0.636. The molecule has 2 N–H and O–H groups in total. The number of ether oxygens (including phenoxy) is 2. The maximum absolute atomic E-state index is 12.6. The van der Waals surface area contributed by atoms with Gasteiger partial charge in [0.1, 0.15) is 0 Å². The van der Waals surface area contributed by atoms with Gasteiger partial charge in [0.15, 0.2) is 11.5 Å². The van der Waals surface area contributed by atoms with Gasteiger partial charge >= 0.3 is 0 Å². The van der Waals surface area contributed by atoms with Crippen molar-refractivity contribution in [1.82, 2.24) is 0 Å². The number of fused-ring (bicyclic) bond motifs is 1. The Kier molecular flexibility index (Phi) is 5.34. The van der Waals surface area contributed by atoms with Gasteiger partial charge in [0.05, 0.1) is 11.3 Å². The monoisotopic (exact) mass is 350 g/mol. The standard InChI is InChI=1S/C20H18N2O4/c1-2-3-4-9-19(23)22-16-8-6-5-7-15(16)20(24)21-14-10-11-17-18(12-14)26-13-25-17/h2-12H,13H2,1H3,(H,21,24)(H,22,23)/b3-2+,9-4+. The van der Waals surface area contributed by atoms with Crippen molar-refractivity contribution in [2.45, 2.75) is 6.92 Å². The first-order valence-electron chi connectivity index (χ1n) is 8.08. The summed E-state index contributed by atoms with van der Waals surface area (Å²) in [4.78, 5) is 24.6. The molecule has 2 aromatic carbocycles. The Labute approximate surface area is 151 Å². The summed E-state index contributed by atoms with van der Waals surface area (Å²) in [6.45, 7) is 2.03. The molecule has 0 bridgehead atoms. The number of anilines is 2. The molecule has 26 heavy (non-hydrogen) atoms. The minimum Gasteiger partial charge on any atom is -0.454 e. The first-order valence-corrected chi connectivity index (χ1v) is 8.08. The number of nitrogens with one attached hydrogen (secondary N) is 2. The third-order valence-corrected chi connectivity index (χ3v) is 3.61. The number of carbonyl (C=O) groups excluding carboxylic acids is 2. The summed E-state index contributed by atoms with van der Waals surface area (Å²) in [6, 6.07) is 12.0. The summed E-state index contributed by atoms with van der Waals surface area (Å²) < 4.78 is 10.6. The van der Waals surface area contributed by atoms with Gasteiger partial charge < -0.3 is 20.1 Å². The zero-order chi connectivity index (χ0) is 18.4. The fraction of sp³-hybridized carbons (Fsp3) is 0.100. The van der Waals surface area contributed by atoms with E-state index in [0.29, 0.717) is 28.4 Å². The van der Waals surface area contributed by atoms with Gasteiger partial charge in [0, 0.05) is 17.8 Å². The number of benzene rings is 2. The molecule has 6 heteroatoms. The Morgan fingerprint density at radius 1 is 1.00 bits per heavy atom. The first-order chi connectivity index (χ1) is 12.7. The number of amides is 2. The van der Waals surface area contributed by atoms with Crippen molar-refractivity contribution in [3.05, 3.63) is 72.3 Å². The van der Waals surface area contributed by atoms with Crippen LogP contribution in [-0.4, -0.2) is 18.6 Å². The zero-order valence-electron chi connectivity index (χ0n) is 14.2. The van der Waals surface area contributed by atoms with E-state index in [1.165, 1.54) is 6.08 Å². The number of hydrogen-bond acceptors (Lipinski definition) is 4. The van der Waals surface area contributed by atoms with E-state index in [4.69, 9.17) is 9.47 Å². The molecule has 2 amide bonds. The Morgan fingerprint density at radius 3 is 2.65 bits per heavy atom. The third-order valence-electron chi connectivity index (χ3n) is 3.61. The second-order valence-corrected chi connectivity index (χ2v) is 5.44. The lowest BCUT2D eigenvalue weighted by Gasteiger charge is -2.11. The summed E-state index contributed by atoms with van der Waals surface area (Å²) in [5, 5.41) is 5.51. The van der Waals surface area contributed by atoms with Crippen LogP contribution in [0.2, 0.25) is 0 Å². The van der Waals surface area contributed by atoms with Gasteiger partial charge in [0.2, 0.25) is 12.7 Å². The second kappa shape index (κ2) is 8.02. The Bertz CT molecular complexity index is 887. The van der Waals surface area contributed by atoms with E-state index in [1.54, 1.807) is 54.6 Å². The number of hydrogen-bond donors (Lipinski definition) is 2. The normalized spacial score (nSPS) is 12.5. The molecule has 2 aromatic rings. The van der Waals surface area contributed by atoms with Crippen LogP contribution in [0.3, 0.4) is 0 Å². The Morgan fingerprint density at radius 2 is 1.81 bits per heavy atom. The molecule has 0 aliphatic carbocycles. The molecule has 0 radical (unpaired) electrons. The topological polar surface area (TPSA) is 76.7 Å². The van der Waals surface area contributed by atoms with E-state index in [2.05, 4.69) is 10.6 Å². The molecule has 0 unspecified atom stereocenters. The molecule has 132 valence electrons. The fourth-order valence-corrected chi connectivity index (χ4v) is 2.39. The highest BCUT2D eigenvalue weighted by atomic mass is 16.7. The molecule has 1 heterocycles. The number of carbonyl (C=O) groups is 2. The lowest BCUT2D eigenvalue weighted by molar-refractivity contribution is -0.111. The SMILES string of the molecule is C/C=C/C=C/C(=O)Nc1ccccc1C(=O)Nc1ccc2c(c1)OCO2. The molecular weight excluding hydrogens is 332 g/mol. The minimum atomic E-state index is -0.336. The lowest BCUT2D eigenvalue weighted by Crippen LogP contribution is -2.17. The summed E-state index contributed by atoms with van der Waals surface area (Å²) in [7, 11) is 0. The summed E-state index contributed by atoms with van der Waals surface area (Å²) in [6.07, 6.45) is 6.59. The Balaban J connectivity index is 1.74. The van der Waals surface area contributed by atoms with E-state index in [0.717, 1.165) is 0 Å². The van der Waals surface area contributed by atoms with Crippen molar-refractivity contribution >= 4 is 23.2 Å². The van der Waals surface area contributed by atoms with Crippen LogP contribution in [0.15, 0.2) is 66.8 Å². The number of para-hydroxylation sites is 1. The molecule has 1 aliphatic heterocycles. The van der Waals surface area contributed by atoms with Crippen molar-refractivity contribution in [2.75, 3.05) is 17.4 Å². The highest BCUT2D eigenvalue weighted by Gasteiger charge is 2.16. The zero-order valence-corrected chi connectivity index (χ0v) is 14.2. The maximum Gasteiger partial charge on any atom is 0.257 e. The summed E-state index contributed by atoms with van der Waals surface area (Å²) in [5.74, 6) is 0.575. The molecular formula is C20H18N2O4. The van der Waals surface area contributed by atoms with Crippen LogP contribution in [0.25, 0.3) is 0 Å². The van der Waals surface area contributed by atoms with Crippen molar-refractivity contribution < 1.29 is 19.1 Å². The predicted molar refractivity (Wildman–Crippen MR) is 99.5 cm³/mol. The molecule has 0 spiro atoms. The number of allylic oxidation sites excluding steroid dienone is 3. The van der Waals surface area contributed by atoms with Crippen LogP contribution in [0, 0.1) is 0 Å². The van der Waals surface area contributed by atoms with Crippen molar-refractivity contribution in [3.8, 4) is 11.5 Å². The lowest BCUT2D eigenvalue weighted by atomic mass is 10.1. The molecule has 0 aromatic heterocycles. The highest BCUT2D eigenvalue weighted by molar-refractivity contribution is 6.11. The van der Waals surface area contributed by atoms with Crippen LogP contribution in [0.4, 0.5) is 11.4 Å². The molecule has 0 fully saturated rings. The van der Waals surface area contributed by atoms with Gasteiger partial charge in [-0.15, -0.1) is 0 Å². The first kappa shape index (κ1) is 17.3. The van der Waals surface area contributed by atoms with Crippen LogP contribution in [-0.2, 0) is 4.79 Å². The molecule has 3 rings (SSSR count). The van der Waals surface area contributed by atoms with Gasteiger partial charge in [-0.2, -0.15) is 0 Å². The highest BCUT2D eigenvalue weighted by Crippen LogP contribution is 2.34. The van der Waals surface area contributed by atoms with E-state index < -0.39 is 0 Å². The molecule has 6 nitrogen and oxygen atoms in total. The fourth-order valence-electron chi connectivity index (χ4n) is 2.39. The van der Waals surface area contributed by atoms with Crippen LogP contribution in [0.1, 0.15) is 17.3 Å². The average molecular weight is 350 g/mol. The molecule has 0 atom stereocenters. The van der Waals surface area contributed by atoms with Gasteiger partial charge in [0.25, 0.3) is 5.91 Å². The van der Waals surface area contributed by atoms with Crippen molar-refractivity contribution in [1.29, 1.82) is 0 Å². The van der Waals surface area contributed by atoms with Gasteiger partial charge in [-0.25, -0.2) is 0 Å². The van der Waals surface area contributed by atoms with Crippen LogP contribution < -0.4 is 20.1 Å². The smallest absolute Gasteiger partial charge is 0.257 e. The van der Waals surface area contributed by atoms with Gasteiger partial charge in [-0.3, -0.25) is 9.59 Å². The predicted octanol–water partition coefficient (Wildman–Crippen LogP) is 3.74. The summed E-state index contributed by atoms with van der Waals surface area (Å²) >= 11 is 0. The van der Waals surface area contributed by atoms with Crippen molar-refractivity contribution in [3.63, 3.8) is 0 Å². The largest absolute Gasteiger partial charge is 0.454 e.